The number of halogens is 1. The van der Waals surface area contributed by atoms with Crippen LogP contribution in [-0.2, 0) is 11.3 Å². The average molecular weight is 330 g/mol. The third-order valence-electron chi connectivity index (χ3n) is 3.55. The van der Waals surface area contributed by atoms with Gasteiger partial charge in [-0.1, -0.05) is 12.8 Å². The number of nitrogens with one attached hydrogen (secondary N) is 1. The lowest BCUT2D eigenvalue weighted by atomic mass is 10.1. The maximum Gasteiger partial charge on any atom is 0.283 e. The van der Waals surface area contributed by atoms with E-state index in [1.165, 1.54) is 30.4 Å². The molecular weight excluding hydrogens is 310 g/mol. The minimum absolute atomic E-state index is 0.117. The van der Waals surface area contributed by atoms with Gasteiger partial charge in [-0.05, 0) is 34.7 Å². The molecule has 19 heavy (non-hydrogen) atoms. The fraction of sp³-hybridized carbons (Fsp3) is 0.692. The van der Waals surface area contributed by atoms with Crippen molar-refractivity contribution in [1.29, 1.82) is 0 Å². The summed E-state index contributed by atoms with van der Waals surface area (Å²) in [6, 6.07) is 0. The second kappa shape index (κ2) is 7.05. The van der Waals surface area contributed by atoms with E-state index in [0.717, 1.165) is 18.2 Å². The smallest absolute Gasteiger partial charge is 0.283 e. The number of aromatic nitrogens is 2. The highest BCUT2D eigenvalue weighted by atomic mass is 79.9. The molecule has 1 aliphatic carbocycles. The molecule has 0 aliphatic heterocycles. The lowest BCUT2D eigenvalue weighted by Gasteiger charge is -2.13. The predicted molar refractivity (Wildman–Crippen MR) is 78.5 cm³/mol. The number of rotatable bonds is 6. The molecule has 0 amide bonds. The molecule has 1 fully saturated rings. The minimum Gasteiger partial charge on any atom is -0.383 e. The SMILES string of the molecule is COCCn1ncc(NCC2CCCC2)c(Br)c1=O. The maximum absolute atomic E-state index is 12.0. The summed E-state index contributed by atoms with van der Waals surface area (Å²) in [6.07, 6.45) is 6.91. The lowest BCUT2D eigenvalue weighted by molar-refractivity contribution is 0.181. The summed E-state index contributed by atoms with van der Waals surface area (Å²) in [5.41, 5.74) is 0.666. The molecule has 1 heterocycles. The molecule has 0 unspecified atom stereocenters. The van der Waals surface area contributed by atoms with E-state index in [1.54, 1.807) is 13.3 Å². The molecule has 5 nitrogen and oxygen atoms in total. The lowest BCUT2D eigenvalue weighted by Crippen LogP contribution is -2.26. The number of nitrogens with zero attached hydrogens (tertiary/aromatic N) is 2. The molecule has 1 aromatic rings. The third kappa shape index (κ3) is 3.79. The molecule has 6 heteroatoms. The van der Waals surface area contributed by atoms with Crippen molar-refractivity contribution in [1.82, 2.24) is 9.78 Å². The Bertz CT molecular complexity index is 469. The number of hydrogen-bond donors (Lipinski definition) is 1. The van der Waals surface area contributed by atoms with Crippen molar-refractivity contribution in [2.45, 2.75) is 32.2 Å². The molecule has 1 aromatic heterocycles. The van der Waals surface area contributed by atoms with Crippen LogP contribution in [0.25, 0.3) is 0 Å². The second-order valence-electron chi connectivity index (χ2n) is 4.92. The van der Waals surface area contributed by atoms with Gasteiger partial charge in [-0.3, -0.25) is 4.79 Å². The molecule has 0 bridgehead atoms. The fourth-order valence-electron chi connectivity index (χ4n) is 2.39. The maximum atomic E-state index is 12.0. The van der Waals surface area contributed by atoms with Crippen LogP contribution < -0.4 is 10.9 Å². The highest BCUT2D eigenvalue weighted by Crippen LogP contribution is 2.25. The molecule has 1 saturated carbocycles. The van der Waals surface area contributed by atoms with E-state index in [9.17, 15) is 4.79 Å². The molecular formula is C13H20BrN3O2. The fourth-order valence-corrected chi connectivity index (χ4v) is 2.84. The molecule has 0 aromatic carbocycles. The summed E-state index contributed by atoms with van der Waals surface area (Å²) >= 11 is 3.36. The molecule has 0 saturated heterocycles. The van der Waals surface area contributed by atoms with Crippen molar-refractivity contribution in [2.24, 2.45) is 5.92 Å². The molecule has 0 spiro atoms. The van der Waals surface area contributed by atoms with Gasteiger partial charge < -0.3 is 10.1 Å². The summed E-state index contributed by atoms with van der Waals surface area (Å²) in [4.78, 5) is 12.0. The zero-order chi connectivity index (χ0) is 13.7. The first-order chi connectivity index (χ1) is 9.22. The van der Waals surface area contributed by atoms with E-state index in [2.05, 4.69) is 26.3 Å². The van der Waals surface area contributed by atoms with Gasteiger partial charge in [-0.25, -0.2) is 4.68 Å². The van der Waals surface area contributed by atoms with Gasteiger partial charge in [0.1, 0.15) is 4.47 Å². The Kier molecular flexibility index (Phi) is 5.39. The Morgan fingerprint density at radius 1 is 1.53 bits per heavy atom. The molecule has 106 valence electrons. The van der Waals surface area contributed by atoms with Crippen molar-refractivity contribution in [3.05, 3.63) is 21.0 Å². The van der Waals surface area contributed by atoms with Crippen molar-refractivity contribution in [2.75, 3.05) is 25.6 Å². The van der Waals surface area contributed by atoms with Crippen LogP contribution in [0.5, 0.6) is 0 Å². The van der Waals surface area contributed by atoms with Gasteiger partial charge in [-0.15, -0.1) is 0 Å². The van der Waals surface area contributed by atoms with Gasteiger partial charge >= 0.3 is 0 Å². The summed E-state index contributed by atoms with van der Waals surface area (Å²) in [6.45, 7) is 1.87. The van der Waals surface area contributed by atoms with Crippen LogP contribution >= 0.6 is 15.9 Å². The van der Waals surface area contributed by atoms with Crippen LogP contribution in [0.1, 0.15) is 25.7 Å². The van der Waals surface area contributed by atoms with Crippen LogP contribution in [0.4, 0.5) is 5.69 Å². The largest absolute Gasteiger partial charge is 0.383 e. The third-order valence-corrected chi connectivity index (χ3v) is 4.31. The Morgan fingerprint density at radius 2 is 2.26 bits per heavy atom. The zero-order valence-corrected chi connectivity index (χ0v) is 12.8. The van der Waals surface area contributed by atoms with Gasteiger partial charge in [0.15, 0.2) is 0 Å². The monoisotopic (exact) mass is 329 g/mol. The van der Waals surface area contributed by atoms with Gasteiger partial charge in [-0.2, -0.15) is 5.10 Å². The Balaban J connectivity index is 2.01. The van der Waals surface area contributed by atoms with Crippen LogP contribution in [0.15, 0.2) is 15.5 Å². The zero-order valence-electron chi connectivity index (χ0n) is 11.2. The summed E-state index contributed by atoms with van der Waals surface area (Å²) in [5.74, 6) is 0.725. The quantitative estimate of drug-likeness (QED) is 0.869. The van der Waals surface area contributed by atoms with E-state index >= 15 is 0 Å². The van der Waals surface area contributed by atoms with E-state index in [4.69, 9.17) is 4.74 Å². The molecule has 1 aliphatic rings. The van der Waals surface area contributed by atoms with Crippen LogP contribution in [0.3, 0.4) is 0 Å². The van der Waals surface area contributed by atoms with E-state index in [0.29, 0.717) is 17.6 Å². The molecule has 2 rings (SSSR count). The number of ether oxygens (including phenoxy) is 1. The van der Waals surface area contributed by atoms with Crippen molar-refractivity contribution < 1.29 is 4.74 Å². The summed E-state index contributed by atoms with van der Waals surface area (Å²) in [7, 11) is 1.61. The van der Waals surface area contributed by atoms with E-state index in [1.807, 2.05) is 0 Å². The van der Waals surface area contributed by atoms with Crippen molar-refractivity contribution >= 4 is 21.6 Å². The topological polar surface area (TPSA) is 56.1 Å². The van der Waals surface area contributed by atoms with Crippen LogP contribution in [0, 0.1) is 5.92 Å². The van der Waals surface area contributed by atoms with Gasteiger partial charge in [0, 0.05) is 13.7 Å². The van der Waals surface area contributed by atoms with Crippen LogP contribution in [0.2, 0.25) is 0 Å². The number of hydrogen-bond acceptors (Lipinski definition) is 4. The summed E-state index contributed by atoms with van der Waals surface area (Å²) in [5, 5.41) is 7.48. The van der Waals surface area contributed by atoms with Gasteiger partial charge in [0.25, 0.3) is 5.56 Å². The van der Waals surface area contributed by atoms with Crippen molar-refractivity contribution in [3.8, 4) is 0 Å². The summed E-state index contributed by atoms with van der Waals surface area (Å²) < 4.78 is 6.92. The number of anilines is 1. The normalized spacial score (nSPS) is 15.9. The van der Waals surface area contributed by atoms with Gasteiger partial charge in [0.2, 0.25) is 0 Å². The first kappa shape index (κ1) is 14.5. The Hall–Kier alpha value is -0.880. The minimum atomic E-state index is -0.117. The van der Waals surface area contributed by atoms with E-state index in [-0.39, 0.29) is 5.56 Å². The standard InChI is InChI=1S/C13H20BrN3O2/c1-19-7-6-17-13(18)12(14)11(9-16-17)15-8-10-4-2-3-5-10/h9-10,15H,2-8H2,1H3. The second-order valence-corrected chi connectivity index (χ2v) is 5.72. The first-order valence-corrected chi connectivity index (χ1v) is 7.50. The first-order valence-electron chi connectivity index (χ1n) is 6.71. The van der Waals surface area contributed by atoms with Crippen molar-refractivity contribution in [3.63, 3.8) is 0 Å². The average Bonchev–Trinajstić information content (AvgIpc) is 2.92. The Morgan fingerprint density at radius 3 is 2.95 bits per heavy atom. The van der Waals surface area contributed by atoms with Gasteiger partial charge in [0.05, 0.1) is 25.0 Å². The molecule has 1 N–H and O–H groups in total. The Labute approximate surface area is 121 Å². The highest BCUT2D eigenvalue weighted by molar-refractivity contribution is 9.10. The molecule has 0 atom stereocenters. The van der Waals surface area contributed by atoms with Crippen LogP contribution in [-0.4, -0.2) is 30.0 Å². The number of methoxy groups -OCH3 is 1. The predicted octanol–water partition coefficient (Wildman–Crippen LogP) is 2.25. The van der Waals surface area contributed by atoms with E-state index < -0.39 is 0 Å². The molecule has 0 radical (unpaired) electrons. The highest BCUT2D eigenvalue weighted by Gasteiger charge is 2.16.